The van der Waals surface area contributed by atoms with E-state index in [1.807, 2.05) is 18.2 Å². The van der Waals surface area contributed by atoms with Crippen LogP contribution < -0.4 is 5.06 Å². The lowest BCUT2D eigenvalue weighted by Crippen LogP contribution is -2.09. The van der Waals surface area contributed by atoms with Crippen molar-refractivity contribution >= 4 is 21.6 Å². The highest BCUT2D eigenvalue weighted by Gasteiger charge is 2.11. The van der Waals surface area contributed by atoms with E-state index in [1.54, 1.807) is 0 Å². The fourth-order valence-corrected chi connectivity index (χ4v) is 1.67. The molecule has 2 rings (SSSR count). The van der Waals surface area contributed by atoms with E-state index >= 15 is 0 Å². The zero-order valence-electron chi connectivity index (χ0n) is 5.88. The van der Waals surface area contributed by atoms with Gasteiger partial charge in [0.25, 0.3) is 0 Å². The van der Waals surface area contributed by atoms with Gasteiger partial charge in [-0.1, -0.05) is 22.0 Å². The van der Waals surface area contributed by atoms with E-state index in [0.29, 0.717) is 6.54 Å². The average molecular weight is 213 g/mol. The predicted octanol–water partition coefficient (Wildman–Crippen LogP) is 2.31. The van der Waals surface area contributed by atoms with Crippen molar-refractivity contribution in [3.05, 3.63) is 33.4 Å². The zero-order chi connectivity index (χ0) is 7.84. The smallest absolute Gasteiger partial charge is 0.0303 e. The Labute approximate surface area is 73.5 Å². The van der Waals surface area contributed by atoms with Gasteiger partial charge in [0.2, 0.25) is 0 Å². The fourth-order valence-electron chi connectivity index (χ4n) is 1.32. The van der Waals surface area contributed by atoms with Gasteiger partial charge in [0.15, 0.2) is 0 Å². The molecule has 0 radical (unpaired) electrons. The van der Waals surface area contributed by atoms with Crippen molar-refractivity contribution in [1.82, 2.24) is 0 Å². The molecule has 0 unspecified atom stereocenters. The average Bonchev–Trinajstić information content (AvgIpc) is 2.33. The Morgan fingerprint density at radius 2 is 2.27 bits per heavy atom. The van der Waals surface area contributed by atoms with Crippen LogP contribution >= 0.6 is 15.9 Å². The second-order valence-electron chi connectivity index (χ2n) is 2.63. The highest BCUT2D eigenvalue weighted by atomic mass is 79.9. The Hall–Kier alpha value is -0.540. The molecule has 0 fully saturated rings. The first-order valence-corrected chi connectivity index (χ1v) is 4.30. The van der Waals surface area contributed by atoms with Gasteiger partial charge in [-0.25, -0.2) is 0 Å². The number of anilines is 1. The third-order valence-corrected chi connectivity index (χ3v) is 2.39. The van der Waals surface area contributed by atoms with Crippen molar-refractivity contribution in [3.8, 4) is 0 Å². The number of halogens is 1. The van der Waals surface area contributed by atoms with Crippen LogP contribution in [0.2, 0.25) is 0 Å². The summed E-state index contributed by atoms with van der Waals surface area (Å²) in [6.07, 6.45) is 0.881. The third kappa shape index (κ3) is 1.14. The first-order chi connectivity index (χ1) is 5.27. The van der Waals surface area contributed by atoms with Crippen molar-refractivity contribution in [2.75, 3.05) is 11.6 Å². The first-order valence-electron chi connectivity index (χ1n) is 3.50. The summed E-state index contributed by atoms with van der Waals surface area (Å²) in [5.41, 5.74) is 1.97. The summed E-state index contributed by atoms with van der Waals surface area (Å²) in [7, 11) is 0. The van der Waals surface area contributed by atoms with Crippen LogP contribution in [0.5, 0.6) is 0 Å². The molecule has 0 aliphatic carbocycles. The van der Waals surface area contributed by atoms with Crippen molar-refractivity contribution in [3.63, 3.8) is 0 Å². The van der Waals surface area contributed by atoms with Crippen molar-refractivity contribution in [2.24, 2.45) is 0 Å². The molecule has 0 atom stereocenters. The largest absolute Gasteiger partial charge is 0.758 e. The summed E-state index contributed by atoms with van der Waals surface area (Å²) in [6.45, 7) is 0.603. The van der Waals surface area contributed by atoms with E-state index in [4.69, 9.17) is 0 Å². The maximum absolute atomic E-state index is 11.1. The molecule has 0 saturated carbocycles. The molecule has 0 saturated heterocycles. The summed E-state index contributed by atoms with van der Waals surface area (Å²) in [6, 6.07) is 5.84. The molecular weight excluding hydrogens is 206 g/mol. The van der Waals surface area contributed by atoms with Gasteiger partial charge in [0.05, 0.1) is 0 Å². The molecule has 11 heavy (non-hydrogen) atoms. The normalized spacial score (nSPS) is 15.3. The number of benzene rings is 1. The fraction of sp³-hybridized carbons (Fsp3) is 0.250. The van der Waals surface area contributed by atoms with Crippen LogP contribution in [0.4, 0.5) is 5.69 Å². The molecule has 1 aromatic rings. The van der Waals surface area contributed by atoms with E-state index in [1.165, 1.54) is 0 Å². The molecule has 2 nitrogen and oxygen atoms in total. The molecule has 0 N–H and O–H groups in total. The minimum atomic E-state index is 0.603. The van der Waals surface area contributed by atoms with Gasteiger partial charge < -0.3 is 10.3 Å². The Kier molecular flexibility index (Phi) is 1.62. The summed E-state index contributed by atoms with van der Waals surface area (Å²) in [5.74, 6) is 0. The summed E-state index contributed by atoms with van der Waals surface area (Å²) in [5, 5.41) is 12.2. The third-order valence-electron chi connectivity index (χ3n) is 1.90. The minimum absolute atomic E-state index is 0.603. The second-order valence-corrected chi connectivity index (χ2v) is 3.54. The summed E-state index contributed by atoms with van der Waals surface area (Å²) in [4.78, 5) is 0. The van der Waals surface area contributed by atoms with Gasteiger partial charge in [-0.2, -0.15) is 0 Å². The molecule has 1 aliphatic rings. The number of nitrogens with zero attached hydrogens (tertiary/aromatic N) is 1. The van der Waals surface area contributed by atoms with Crippen LogP contribution in [0.1, 0.15) is 5.56 Å². The van der Waals surface area contributed by atoms with Crippen LogP contribution in [0.3, 0.4) is 0 Å². The molecule has 1 aromatic carbocycles. The van der Waals surface area contributed by atoms with Crippen LogP contribution in [-0.2, 0) is 6.42 Å². The Balaban J connectivity index is 2.52. The van der Waals surface area contributed by atoms with E-state index < -0.39 is 0 Å². The molecule has 58 valence electrons. The van der Waals surface area contributed by atoms with Gasteiger partial charge in [0.1, 0.15) is 0 Å². The monoisotopic (exact) mass is 212 g/mol. The van der Waals surface area contributed by atoms with Gasteiger partial charge in [0, 0.05) is 16.7 Å². The zero-order valence-corrected chi connectivity index (χ0v) is 7.47. The van der Waals surface area contributed by atoms with Gasteiger partial charge in [-0.15, -0.1) is 0 Å². The van der Waals surface area contributed by atoms with E-state index in [9.17, 15) is 5.21 Å². The quantitative estimate of drug-likeness (QED) is 0.660. The first kappa shape index (κ1) is 7.13. The Morgan fingerprint density at radius 1 is 1.45 bits per heavy atom. The van der Waals surface area contributed by atoms with E-state index in [-0.39, 0.29) is 0 Å². The molecule has 0 spiro atoms. The number of hydroxylamine groups is 1. The maximum atomic E-state index is 11.1. The lowest BCUT2D eigenvalue weighted by molar-refractivity contribution is 0.997. The second kappa shape index (κ2) is 2.50. The van der Waals surface area contributed by atoms with Crippen LogP contribution in [0.25, 0.3) is 0 Å². The highest BCUT2D eigenvalue weighted by Crippen LogP contribution is 2.29. The molecule has 1 aliphatic heterocycles. The van der Waals surface area contributed by atoms with Gasteiger partial charge in [-0.3, -0.25) is 0 Å². The van der Waals surface area contributed by atoms with Crippen molar-refractivity contribution in [1.29, 1.82) is 0 Å². The lowest BCUT2D eigenvalue weighted by atomic mass is 10.2. The Bertz CT molecular complexity index is 287. The maximum Gasteiger partial charge on any atom is 0.0303 e. The Morgan fingerprint density at radius 3 is 3.09 bits per heavy atom. The predicted molar refractivity (Wildman–Crippen MR) is 48.6 cm³/mol. The van der Waals surface area contributed by atoms with Crippen LogP contribution in [0.15, 0.2) is 22.7 Å². The summed E-state index contributed by atoms with van der Waals surface area (Å²) >= 11 is 3.33. The number of fused-ring (bicyclic) bond motifs is 1. The molecule has 0 aromatic heterocycles. The number of hydrogen-bond acceptors (Lipinski definition) is 2. The topological polar surface area (TPSA) is 26.3 Å². The van der Waals surface area contributed by atoms with Crippen LogP contribution in [0, 0.1) is 5.21 Å². The van der Waals surface area contributed by atoms with Crippen molar-refractivity contribution < 1.29 is 0 Å². The summed E-state index contributed by atoms with van der Waals surface area (Å²) < 4.78 is 0.971. The van der Waals surface area contributed by atoms with E-state index in [0.717, 1.165) is 27.2 Å². The molecule has 0 bridgehead atoms. The lowest BCUT2D eigenvalue weighted by Gasteiger charge is -2.24. The van der Waals surface area contributed by atoms with Crippen molar-refractivity contribution in [2.45, 2.75) is 6.42 Å². The number of rotatable bonds is 0. The van der Waals surface area contributed by atoms with Gasteiger partial charge >= 0.3 is 0 Å². The minimum Gasteiger partial charge on any atom is -0.758 e. The van der Waals surface area contributed by atoms with E-state index in [2.05, 4.69) is 15.9 Å². The van der Waals surface area contributed by atoms with Crippen LogP contribution in [-0.4, -0.2) is 6.54 Å². The van der Waals surface area contributed by atoms with Gasteiger partial charge in [-0.05, 0) is 24.1 Å². The highest BCUT2D eigenvalue weighted by molar-refractivity contribution is 9.10. The number of hydrogen-bond donors (Lipinski definition) is 0. The molecule has 1 heterocycles. The SMILES string of the molecule is [O-]N1CCc2ccc(Br)cc21. The molecule has 3 heteroatoms. The standard InChI is InChI=1S/C8H7BrNO/c9-7-2-1-6-3-4-10(11)8(6)5-7/h1-2,5H,3-4H2/q-1. The molecule has 0 amide bonds. The molecular formula is C8H7BrNO-.